The van der Waals surface area contributed by atoms with Crippen LogP contribution in [0.2, 0.25) is 0 Å². The summed E-state index contributed by atoms with van der Waals surface area (Å²) in [6.07, 6.45) is 0.965. The molecule has 0 aromatic carbocycles. The highest BCUT2D eigenvalue weighted by atomic mass is 16.5. The largest absolute Gasteiger partial charge is 0.374 e. The number of hydrogen-bond acceptors (Lipinski definition) is 2. The summed E-state index contributed by atoms with van der Waals surface area (Å²) in [6, 6.07) is -0.169. The second-order valence-corrected chi connectivity index (χ2v) is 3.47. The van der Waals surface area contributed by atoms with Gasteiger partial charge in [-0.05, 0) is 20.3 Å². The molecule has 2 amide bonds. The summed E-state index contributed by atoms with van der Waals surface area (Å²) in [4.78, 5) is 10.7. The van der Waals surface area contributed by atoms with Crippen molar-refractivity contribution >= 4 is 6.03 Å². The van der Waals surface area contributed by atoms with Crippen molar-refractivity contribution in [3.05, 3.63) is 0 Å². The highest BCUT2D eigenvalue weighted by molar-refractivity contribution is 5.73. The fraction of sp³-hybridized carbons (Fsp3) is 0.889. The number of carbonyl (C=O) groups is 1. The lowest BCUT2D eigenvalue weighted by Gasteiger charge is -2.23. The van der Waals surface area contributed by atoms with Crippen LogP contribution in [-0.4, -0.2) is 31.8 Å². The smallest absolute Gasteiger partial charge is 0.314 e. The van der Waals surface area contributed by atoms with Crippen LogP contribution in [0.1, 0.15) is 27.2 Å². The second kappa shape index (κ2) is 5.80. The van der Waals surface area contributed by atoms with Crippen molar-refractivity contribution in [2.45, 2.75) is 32.8 Å². The molecule has 0 saturated heterocycles. The summed E-state index contributed by atoms with van der Waals surface area (Å²) >= 11 is 0. The molecule has 13 heavy (non-hydrogen) atoms. The molecule has 2 N–H and O–H groups in total. The van der Waals surface area contributed by atoms with E-state index in [9.17, 15) is 4.79 Å². The molecule has 78 valence electrons. The monoisotopic (exact) mass is 188 g/mol. The van der Waals surface area contributed by atoms with Gasteiger partial charge in [-0.25, -0.2) is 4.79 Å². The lowest BCUT2D eigenvalue weighted by molar-refractivity contribution is -0.0172. The third-order valence-corrected chi connectivity index (χ3v) is 1.96. The van der Waals surface area contributed by atoms with E-state index < -0.39 is 0 Å². The van der Waals surface area contributed by atoms with E-state index in [0.717, 1.165) is 6.42 Å². The van der Waals surface area contributed by atoms with Crippen molar-refractivity contribution in [1.29, 1.82) is 0 Å². The Balaban J connectivity index is 3.41. The van der Waals surface area contributed by atoms with E-state index in [1.807, 2.05) is 13.8 Å². The average Bonchev–Trinajstić information content (AvgIpc) is 2.12. The first-order valence-electron chi connectivity index (χ1n) is 4.61. The van der Waals surface area contributed by atoms with Crippen molar-refractivity contribution in [3.63, 3.8) is 0 Å². The zero-order valence-corrected chi connectivity index (χ0v) is 8.94. The van der Waals surface area contributed by atoms with E-state index >= 15 is 0 Å². The molecule has 0 radical (unpaired) electrons. The van der Waals surface area contributed by atoms with Gasteiger partial charge in [-0.1, -0.05) is 6.92 Å². The highest BCUT2D eigenvalue weighted by Crippen LogP contribution is 2.12. The molecule has 4 heteroatoms. The van der Waals surface area contributed by atoms with Crippen LogP contribution in [0.15, 0.2) is 0 Å². The molecule has 0 aromatic heterocycles. The standard InChI is InChI=1S/C9H20N2O2/c1-5-9(2,3)13-7-6-11-8(12)10-4/h5-7H2,1-4H3,(H2,10,11,12). The van der Waals surface area contributed by atoms with Gasteiger partial charge in [-0.3, -0.25) is 0 Å². The lowest BCUT2D eigenvalue weighted by atomic mass is 10.1. The maximum absolute atomic E-state index is 10.7. The van der Waals surface area contributed by atoms with Gasteiger partial charge < -0.3 is 15.4 Å². The second-order valence-electron chi connectivity index (χ2n) is 3.47. The number of urea groups is 1. The first kappa shape index (κ1) is 12.2. The molecule has 0 atom stereocenters. The minimum absolute atomic E-state index is 0.0929. The normalized spacial score (nSPS) is 11.1. The molecule has 0 heterocycles. The van der Waals surface area contributed by atoms with Gasteiger partial charge in [-0.2, -0.15) is 0 Å². The predicted molar refractivity (Wildman–Crippen MR) is 52.8 cm³/mol. The molecule has 0 rings (SSSR count). The Bertz CT molecular complexity index is 158. The van der Waals surface area contributed by atoms with Gasteiger partial charge in [-0.15, -0.1) is 0 Å². The third kappa shape index (κ3) is 6.40. The van der Waals surface area contributed by atoms with E-state index in [2.05, 4.69) is 17.6 Å². The van der Waals surface area contributed by atoms with Crippen LogP contribution in [0.4, 0.5) is 4.79 Å². The Kier molecular flexibility index (Phi) is 5.46. The summed E-state index contributed by atoms with van der Waals surface area (Å²) in [7, 11) is 1.59. The average molecular weight is 188 g/mol. The lowest BCUT2D eigenvalue weighted by Crippen LogP contribution is -2.36. The van der Waals surface area contributed by atoms with E-state index in [0.29, 0.717) is 13.2 Å². The summed E-state index contributed by atoms with van der Waals surface area (Å²) in [5.41, 5.74) is -0.0929. The Labute approximate surface area is 80.0 Å². The predicted octanol–water partition coefficient (Wildman–Crippen LogP) is 1.12. The summed E-state index contributed by atoms with van der Waals surface area (Å²) < 4.78 is 5.53. The molecule has 0 aromatic rings. The molecular formula is C9H20N2O2. The van der Waals surface area contributed by atoms with Crippen LogP contribution >= 0.6 is 0 Å². The van der Waals surface area contributed by atoms with Gasteiger partial charge in [0.2, 0.25) is 0 Å². The quantitative estimate of drug-likeness (QED) is 0.635. The molecule has 0 bridgehead atoms. The topological polar surface area (TPSA) is 50.4 Å². The van der Waals surface area contributed by atoms with Crippen LogP contribution in [0.3, 0.4) is 0 Å². The van der Waals surface area contributed by atoms with Crippen molar-refractivity contribution in [2.24, 2.45) is 0 Å². The molecule has 0 spiro atoms. The van der Waals surface area contributed by atoms with Crippen LogP contribution in [0.5, 0.6) is 0 Å². The van der Waals surface area contributed by atoms with Gasteiger partial charge in [0.05, 0.1) is 12.2 Å². The fourth-order valence-electron chi connectivity index (χ4n) is 0.682. The van der Waals surface area contributed by atoms with E-state index in [-0.39, 0.29) is 11.6 Å². The number of ether oxygens (including phenoxy) is 1. The van der Waals surface area contributed by atoms with Crippen LogP contribution in [0, 0.1) is 0 Å². The van der Waals surface area contributed by atoms with Gasteiger partial charge >= 0.3 is 6.03 Å². The molecule has 4 nitrogen and oxygen atoms in total. The Morgan fingerprint density at radius 2 is 2.08 bits per heavy atom. The molecule has 0 aliphatic heterocycles. The number of rotatable bonds is 5. The first-order chi connectivity index (χ1) is 6.02. The first-order valence-corrected chi connectivity index (χ1v) is 4.61. The number of carbonyl (C=O) groups excluding carboxylic acids is 1. The molecule has 0 saturated carbocycles. The van der Waals surface area contributed by atoms with Gasteiger partial charge in [0.15, 0.2) is 0 Å². The van der Waals surface area contributed by atoms with E-state index in [1.54, 1.807) is 7.05 Å². The summed E-state index contributed by atoms with van der Waals surface area (Å²) in [6.45, 7) is 7.24. The summed E-state index contributed by atoms with van der Waals surface area (Å²) in [5, 5.41) is 5.12. The molecular weight excluding hydrogens is 168 g/mol. The van der Waals surface area contributed by atoms with Gasteiger partial charge in [0.1, 0.15) is 0 Å². The van der Waals surface area contributed by atoms with Gasteiger partial charge in [0, 0.05) is 13.6 Å². The SMILES string of the molecule is CCC(C)(C)OCCNC(=O)NC. The van der Waals surface area contributed by atoms with Gasteiger partial charge in [0.25, 0.3) is 0 Å². The van der Waals surface area contributed by atoms with E-state index in [4.69, 9.17) is 4.74 Å². The fourth-order valence-corrected chi connectivity index (χ4v) is 0.682. The minimum Gasteiger partial charge on any atom is -0.374 e. The van der Waals surface area contributed by atoms with Crippen molar-refractivity contribution in [2.75, 3.05) is 20.2 Å². The number of hydrogen-bond donors (Lipinski definition) is 2. The van der Waals surface area contributed by atoms with Crippen LogP contribution < -0.4 is 10.6 Å². The third-order valence-electron chi connectivity index (χ3n) is 1.96. The molecule has 0 aliphatic carbocycles. The Hall–Kier alpha value is -0.770. The minimum atomic E-state index is -0.169. The molecule has 0 aliphatic rings. The molecule has 0 fully saturated rings. The zero-order chi connectivity index (χ0) is 10.3. The Morgan fingerprint density at radius 3 is 2.54 bits per heavy atom. The zero-order valence-electron chi connectivity index (χ0n) is 8.94. The maximum Gasteiger partial charge on any atom is 0.314 e. The van der Waals surface area contributed by atoms with Crippen LogP contribution in [-0.2, 0) is 4.74 Å². The van der Waals surface area contributed by atoms with E-state index in [1.165, 1.54) is 0 Å². The highest BCUT2D eigenvalue weighted by Gasteiger charge is 2.14. The number of amides is 2. The van der Waals surface area contributed by atoms with Crippen molar-refractivity contribution < 1.29 is 9.53 Å². The van der Waals surface area contributed by atoms with Crippen molar-refractivity contribution in [3.8, 4) is 0 Å². The van der Waals surface area contributed by atoms with Crippen molar-refractivity contribution in [1.82, 2.24) is 10.6 Å². The Morgan fingerprint density at radius 1 is 1.46 bits per heavy atom. The molecule has 0 unspecified atom stereocenters. The number of nitrogens with one attached hydrogen (secondary N) is 2. The van der Waals surface area contributed by atoms with Crippen LogP contribution in [0.25, 0.3) is 0 Å². The maximum atomic E-state index is 10.7. The summed E-state index contributed by atoms with van der Waals surface area (Å²) in [5.74, 6) is 0.